The van der Waals surface area contributed by atoms with Crippen LogP contribution in [0, 0.1) is 12.3 Å². The van der Waals surface area contributed by atoms with Gasteiger partial charge < -0.3 is 14.2 Å². The molecule has 1 amide bonds. The minimum Gasteiger partial charge on any atom is -0.381 e. The van der Waals surface area contributed by atoms with Crippen molar-refractivity contribution in [3.05, 3.63) is 53.4 Å². The Bertz CT molecular complexity index is 719. The number of aromatic nitrogens is 1. The third-order valence-corrected chi connectivity index (χ3v) is 5.31. The first kappa shape index (κ1) is 15.4. The van der Waals surface area contributed by atoms with Crippen LogP contribution >= 0.6 is 0 Å². The van der Waals surface area contributed by atoms with Crippen LogP contribution in [0.15, 0.2) is 40.9 Å². The van der Waals surface area contributed by atoms with Crippen molar-refractivity contribution in [2.24, 2.45) is 5.41 Å². The molecule has 5 heteroatoms. The van der Waals surface area contributed by atoms with Crippen LogP contribution in [-0.4, -0.2) is 35.7 Å². The van der Waals surface area contributed by atoms with Crippen LogP contribution in [0.5, 0.6) is 0 Å². The van der Waals surface area contributed by atoms with E-state index in [9.17, 15) is 4.79 Å². The molecule has 2 aromatic rings. The van der Waals surface area contributed by atoms with Gasteiger partial charge >= 0.3 is 0 Å². The number of carbonyl (C=O) groups is 1. The molecule has 1 spiro atoms. The Labute approximate surface area is 141 Å². The molecule has 5 nitrogen and oxygen atoms in total. The molecule has 1 atom stereocenters. The van der Waals surface area contributed by atoms with Crippen LogP contribution < -0.4 is 0 Å². The molecule has 2 aliphatic heterocycles. The molecule has 2 aliphatic rings. The van der Waals surface area contributed by atoms with Crippen molar-refractivity contribution in [2.45, 2.75) is 32.2 Å². The van der Waals surface area contributed by atoms with Crippen molar-refractivity contribution in [1.29, 1.82) is 0 Å². The standard InChI is InChI=1S/C19H22N2O3/c1-14-11-16(20-24-14)12-17(22)21-13-19(7-9-23-10-8-19)18(21)15-5-3-2-4-6-15/h2-6,11,18H,7-10,12-13H2,1H3. The molecule has 0 radical (unpaired) electrons. The van der Waals surface area contributed by atoms with Gasteiger partial charge in [0.05, 0.1) is 18.2 Å². The van der Waals surface area contributed by atoms with Gasteiger partial charge in [0.25, 0.3) is 0 Å². The van der Waals surface area contributed by atoms with Gasteiger partial charge in [0.1, 0.15) is 5.76 Å². The van der Waals surface area contributed by atoms with Gasteiger partial charge in [0.15, 0.2) is 0 Å². The third-order valence-electron chi connectivity index (χ3n) is 5.31. The first-order valence-electron chi connectivity index (χ1n) is 8.52. The lowest BCUT2D eigenvalue weighted by molar-refractivity contribution is -0.168. The lowest BCUT2D eigenvalue weighted by atomic mass is 9.64. The molecule has 2 fully saturated rings. The summed E-state index contributed by atoms with van der Waals surface area (Å²) in [6.07, 6.45) is 2.33. The molecule has 0 bridgehead atoms. The molecule has 4 rings (SSSR count). The number of aryl methyl sites for hydroxylation is 1. The number of likely N-dealkylation sites (tertiary alicyclic amines) is 1. The maximum atomic E-state index is 12.8. The van der Waals surface area contributed by atoms with Gasteiger partial charge in [-0.3, -0.25) is 4.79 Å². The van der Waals surface area contributed by atoms with E-state index in [0.717, 1.165) is 38.4 Å². The van der Waals surface area contributed by atoms with Crippen LogP contribution in [0.4, 0.5) is 0 Å². The highest BCUT2D eigenvalue weighted by molar-refractivity contribution is 5.80. The quantitative estimate of drug-likeness (QED) is 0.870. The van der Waals surface area contributed by atoms with Gasteiger partial charge in [-0.15, -0.1) is 0 Å². The molecule has 0 saturated carbocycles. The van der Waals surface area contributed by atoms with Crippen LogP contribution in [0.1, 0.15) is 35.9 Å². The molecule has 1 aromatic heterocycles. The fraction of sp³-hybridized carbons (Fsp3) is 0.474. The van der Waals surface area contributed by atoms with Crippen LogP contribution in [0.25, 0.3) is 0 Å². The Morgan fingerprint density at radius 3 is 2.71 bits per heavy atom. The van der Waals surface area contributed by atoms with E-state index in [1.54, 1.807) is 0 Å². The number of hydrogen-bond donors (Lipinski definition) is 0. The van der Waals surface area contributed by atoms with Gasteiger partial charge in [0, 0.05) is 31.2 Å². The number of ether oxygens (including phenoxy) is 1. The van der Waals surface area contributed by atoms with E-state index in [1.165, 1.54) is 5.56 Å². The largest absolute Gasteiger partial charge is 0.381 e. The van der Waals surface area contributed by atoms with E-state index in [-0.39, 0.29) is 17.4 Å². The summed E-state index contributed by atoms with van der Waals surface area (Å²) < 4.78 is 10.6. The fourth-order valence-corrected chi connectivity index (χ4v) is 4.10. The van der Waals surface area contributed by atoms with Crippen molar-refractivity contribution in [1.82, 2.24) is 10.1 Å². The number of hydrogen-bond acceptors (Lipinski definition) is 4. The summed E-state index contributed by atoms with van der Waals surface area (Å²) in [7, 11) is 0. The number of rotatable bonds is 3. The second kappa shape index (κ2) is 6.06. The second-order valence-corrected chi connectivity index (χ2v) is 6.92. The number of amides is 1. The maximum absolute atomic E-state index is 12.8. The SMILES string of the molecule is Cc1cc(CC(=O)N2CC3(CCOCC3)C2c2ccccc2)no1. The van der Waals surface area contributed by atoms with Crippen molar-refractivity contribution >= 4 is 5.91 Å². The van der Waals surface area contributed by atoms with Crippen molar-refractivity contribution in [2.75, 3.05) is 19.8 Å². The van der Waals surface area contributed by atoms with Crippen LogP contribution in [0.3, 0.4) is 0 Å². The molecule has 0 N–H and O–H groups in total. The van der Waals surface area contributed by atoms with Crippen LogP contribution in [-0.2, 0) is 16.0 Å². The van der Waals surface area contributed by atoms with E-state index in [4.69, 9.17) is 9.26 Å². The van der Waals surface area contributed by atoms with E-state index in [1.807, 2.05) is 36.1 Å². The van der Waals surface area contributed by atoms with E-state index in [0.29, 0.717) is 12.1 Å². The highest BCUT2D eigenvalue weighted by Crippen LogP contribution is 2.54. The zero-order chi connectivity index (χ0) is 16.6. The summed E-state index contributed by atoms with van der Waals surface area (Å²) in [5, 5.41) is 3.96. The molecule has 126 valence electrons. The van der Waals surface area contributed by atoms with Crippen molar-refractivity contribution in [3.8, 4) is 0 Å². The molecular formula is C19H22N2O3. The first-order chi connectivity index (χ1) is 11.7. The average molecular weight is 326 g/mol. The molecular weight excluding hydrogens is 304 g/mol. The number of carbonyl (C=O) groups excluding carboxylic acids is 1. The van der Waals surface area contributed by atoms with Crippen molar-refractivity contribution in [3.63, 3.8) is 0 Å². The van der Waals surface area contributed by atoms with Gasteiger partial charge in [-0.1, -0.05) is 35.5 Å². The summed E-state index contributed by atoms with van der Waals surface area (Å²) in [6, 6.07) is 12.3. The lowest BCUT2D eigenvalue weighted by Crippen LogP contribution is -2.62. The predicted molar refractivity (Wildman–Crippen MR) is 88.3 cm³/mol. The zero-order valence-corrected chi connectivity index (χ0v) is 13.9. The topological polar surface area (TPSA) is 55.6 Å². The highest BCUT2D eigenvalue weighted by atomic mass is 16.5. The van der Waals surface area contributed by atoms with Gasteiger partial charge in [0.2, 0.25) is 5.91 Å². The summed E-state index contributed by atoms with van der Waals surface area (Å²) in [6.45, 7) is 4.22. The summed E-state index contributed by atoms with van der Waals surface area (Å²) >= 11 is 0. The summed E-state index contributed by atoms with van der Waals surface area (Å²) in [5.41, 5.74) is 2.09. The second-order valence-electron chi connectivity index (χ2n) is 6.92. The van der Waals surface area contributed by atoms with E-state index >= 15 is 0 Å². The normalized spacial score (nSPS) is 22.4. The molecule has 1 aromatic carbocycles. The van der Waals surface area contributed by atoms with E-state index < -0.39 is 0 Å². The average Bonchev–Trinajstić information content (AvgIpc) is 2.99. The number of nitrogens with zero attached hydrogens (tertiary/aromatic N) is 2. The molecule has 24 heavy (non-hydrogen) atoms. The van der Waals surface area contributed by atoms with Crippen LogP contribution in [0.2, 0.25) is 0 Å². The Kier molecular flexibility index (Phi) is 3.88. The number of benzene rings is 1. The molecule has 3 heterocycles. The molecule has 1 unspecified atom stereocenters. The first-order valence-corrected chi connectivity index (χ1v) is 8.52. The Hall–Kier alpha value is -2.14. The minimum absolute atomic E-state index is 0.120. The maximum Gasteiger partial charge on any atom is 0.229 e. The third kappa shape index (κ3) is 2.63. The Morgan fingerprint density at radius 2 is 2.04 bits per heavy atom. The van der Waals surface area contributed by atoms with Gasteiger partial charge in [-0.2, -0.15) is 0 Å². The Morgan fingerprint density at radius 1 is 1.29 bits per heavy atom. The minimum atomic E-state index is 0.120. The lowest BCUT2D eigenvalue weighted by Gasteiger charge is -2.59. The Balaban J connectivity index is 1.57. The predicted octanol–water partition coefficient (Wildman–Crippen LogP) is 2.91. The van der Waals surface area contributed by atoms with Gasteiger partial charge in [-0.25, -0.2) is 0 Å². The molecule has 2 saturated heterocycles. The fourth-order valence-electron chi connectivity index (χ4n) is 4.10. The molecule has 0 aliphatic carbocycles. The smallest absolute Gasteiger partial charge is 0.229 e. The van der Waals surface area contributed by atoms with Crippen molar-refractivity contribution < 1.29 is 14.1 Å². The monoisotopic (exact) mass is 326 g/mol. The highest BCUT2D eigenvalue weighted by Gasteiger charge is 2.55. The summed E-state index contributed by atoms with van der Waals surface area (Å²) in [5.74, 6) is 0.858. The van der Waals surface area contributed by atoms with E-state index in [2.05, 4.69) is 17.3 Å². The summed E-state index contributed by atoms with van der Waals surface area (Å²) in [4.78, 5) is 14.8. The zero-order valence-electron chi connectivity index (χ0n) is 13.9. The van der Waals surface area contributed by atoms with Gasteiger partial charge in [-0.05, 0) is 25.3 Å².